The molecule has 0 amide bonds. The molecule has 0 spiro atoms. The summed E-state index contributed by atoms with van der Waals surface area (Å²) < 4.78 is 12.7. The number of hydrogen-bond donors (Lipinski definition) is 0. The lowest BCUT2D eigenvalue weighted by Gasteiger charge is -2.07. The van der Waals surface area contributed by atoms with Gasteiger partial charge in [-0.15, -0.1) is 0 Å². The number of thiazole rings is 1. The second kappa shape index (κ2) is 6.72. The van der Waals surface area contributed by atoms with Crippen molar-refractivity contribution in [3.8, 4) is 10.9 Å². The molecular weight excluding hydrogens is 344 g/mol. The van der Waals surface area contributed by atoms with Crippen molar-refractivity contribution in [3.05, 3.63) is 48.4 Å². The molecule has 0 unspecified atom stereocenters. The summed E-state index contributed by atoms with van der Waals surface area (Å²) in [5.41, 5.74) is 2.91. The first-order valence-corrected chi connectivity index (χ1v) is 10.1. The molecule has 5 heteroatoms. The summed E-state index contributed by atoms with van der Waals surface area (Å²) in [7, 11) is 0. The molecule has 26 heavy (non-hydrogen) atoms. The van der Waals surface area contributed by atoms with E-state index in [0.29, 0.717) is 5.19 Å². The average molecular weight is 364 g/mol. The molecule has 3 aromatic heterocycles. The lowest BCUT2D eigenvalue weighted by Crippen LogP contribution is -1.95. The van der Waals surface area contributed by atoms with Crippen molar-refractivity contribution in [1.82, 2.24) is 9.97 Å². The highest BCUT2D eigenvalue weighted by Gasteiger charge is 2.16. The van der Waals surface area contributed by atoms with Gasteiger partial charge in [-0.1, -0.05) is 37.0 Å². The molecule has 0 aliphatic heterocycles. The molecule has 0 bridgehead atoms. The maximum absolute atomic E-state index is 5.93. The Labute approximate surface area is 155 Å². The van der Waals surface area contributed by atoms with Crippen LogP contribution in [0.1, 0.15) is 37.7 Å². The van der Waals surface area contributed by atoms with E-state index in [9.17, 15) is 0 Å². The van der Waals surface area contributed by atoms with Gasteiger partial charge in [0.05, 0.1) is 11.0 Å². The van der Waals surface area contributed by atoms with Crippen LogP contribution < -0.4 is 4.74 Å². The number of pyridine rings is 1. The van der Waals surface area contributed by atoms with Crippen molar-refractivity contribution < 1.29 is 9.15 Å². The first kappa shape index (κ1) is 15.8. The summed E-state index contributed by atoms with van der Waals surface area (Å²) in [5, 5.41) is 1.80. The fourth-order valence-corrected chi connectivity index (χ4v) is 4.67. The number of nitrogens with zero attached hydrogens (tertiary/aromatic N) is 2. The van der Waals surface area contributed by atoms with Crippen molar-refractivity contribution in [3.63, 3.8) is 0 Å². The normalized spacial score (nSPS) is 15.2. The Morgan fingerprint density at radius 2 is 2.12 bits per heavy atom. The van der Waals surface area contributed by atoms with Gasteiger partial charge in [-0.3, -0.25) is 0 Å². The van der Waals surface area contributed by atoms with Gasteiger partial charge < -0.3 is 9.15 Å². The molecule has 4 aromatic rings. The molecule has 0 saturated heterocycles. The van der Waals surface area contributed by atoms with Gasteiger partial charge in [0, 0.05) is 17.6 Å². The molecular formula is C21H20N2O2S. The molecule has 1 saturated carbocycles. The summed E-state index contributed by atoms with van der Waals surface area (Å²) in [6.07, 6.45) is 11.6. The van der Waals surface area contributed by atoms with E-state index >= 15 is 0 Å². The summed E-state index contributed by atoms with van der Waals surface area (Å²) in [5.74, 6) is 1.64. The summed E-state index contributed by atoms with van der Waals surface area (Å²) in [6.45, 7) is 0. The Balaban J connectivity index is 1.34. The number of fused-ring (bicyclic) bond motifs is 2. The van der Waals surface area contributed by atoms with Crippen molar-refractivity contribution in [1.29, 1.82) is 0 Å². The number of benzene rings is 1. The van der Waals surface area contributed by atoms with Crippen molar-refractivity contribution in [2.24, 2.45) is 5.92 Å². The highest BCUT2D eigenvalue weighted by molar-refractivity contribution is 7.20. The zero-order valence-corrected chi connectivity index (χ0v) is 15.3. The zero-order valence-electron chi connectivity index (χ0n) is 14.5. The van der Waals surface area contributed by atoms with Crippen molar-refractivity contribution >= 4 is 32.7 Å². The van der Waals surface area contributed by atoms with E-state index in [1.54, 1.807) is 6.20 Å². The maximum atomic E-state index is 5.93. The summed E-state index contributed by atoms with van der Waals surface area (Å²) in [4.78, 5) is 8.67. The highest BCUT2D eigenvalue weighted by Crippen LogP contribution is 2.34. The number of hydrogen-bond acceptors (Lipinski definition) is 5. The standard InChI is InChI=1S/C21H20N2O2S/c1-2-5-14(4-1)7-8-15-13-24-18-12-16(9-10-17(15)18)25-21-23-20-19(26-21)6-3-11-22-20/h3,6,9-14H,1-2,4-5,7-8H2. The summed E-state index contributed by atoms with van der Waals surface area (Å²) >= 11 is 1.50. The van der Waals surface area contributed by atoms with E-state index in [0.717, 1.165) is 34.0 Å². The van der Waals surface area contributed by atoms with E-state index in [4.69, 9.17) is 9.15 Å². The fraction of sp³-hybridized carbons (Fsp3) is 0.333. The Morgan fingerprint density at radius 3 is 3.00 bits per heavy atom. The molecule has 132 valence electrons. The molecule has 3 heterocycles. The van der Waals surface area contributed by atoms with E-state index in [1.807, 2.05) is 30.5 Å². The van der Waals surface area contributed by atoms with Crippen LogP contribution in [-0.2, 0) is 6.42 Å². The largest absolute Gasteiger partial charge is 0.464 e. The molecule has 1 aliphatic carbocycles. The van der Waals surface area contributed by atoms with Crippen LogP contribution in [-0.4, -0.2) is 9.97 Å². The predicted molar refractivity (Wildman–Crippen MR) is 104 cm³/mol. The van der Waals surface area contributed by atoms with Crippen LogP contribution >= 0.6 is 11.3 Å². The molecule has 4 nitrogen and oxygen atoms in total. The Hall–Kier alpha value is -2.40. The minimum absolute atomic E-state index is 0.603. The number of ether oxygens (including phenoxy) is 1. The molecule has 1 fully saturated rings. The first-order valence-electron chi connectivity index (χ1n) is 9.25. The third-order valence-electron chi connectivity index (χ3n) is 5.27. The van der Waals surface area contributed by atoms with Gasteiger partial charge >= 0.3 is 0 Å². The first-order chi connectivity index (χ1) is 12.8. The van der Waals surface area contributed by atoms with Gasteiger partial charge in [-0.05, 0) is 48.6 Å². The smallest absolute Gasteiger partial charge is 0.281 e. The highest BCUT2D eigenvalue weighted by atomic mass is 32.1. The molecule has 5 rings (SSSR count). The predicted octanol–water partition coefficient (Wildman–Crippen LogP) is 6.35. The molecule has 0 atom stereocenters. The van der Waals surface area contributed by atoms with Gasteiger partial charge in [-0.25, -0.2) is 4.98 Å². The lowest BCUT2D eigenvalue weighted by molar-refractivity contribution is 0.479. The minimum Gasteiger partial charge on any atom is -0.464 e. The Bertz CT molecular complexity index is 1010. The van der Waals surface area contributed by atoms with Crippen LogP contribution in [0.3, 0.4) is 0 Å². The summed E-state index contributed by atoms with van der Waals surface area (Å²) in [6, 6.07) is 9.96. The van der Waals surface area contributed by atoms with Crippen molar-refractivity contribution in [2.75, 3.05) is 0 Å². The van der Waals surface area contributed by atoms with E-state index in [1.165, 1.54) is 54.4 Å². The number of aromatic nitrogens is 2. The lowest BCUT2D eigenvalue weighted by atomic mass is 9.98. The van der Waals surface area contributed by atoms with E-state index in [-0.39, 0.29) is 0 Å². The van der Waals surface area contributed by atoms with E-state index < -0.39 is 0 Å². The maximum Gasteiger partial charge on any atom is 0.281 e. The van der Waals surface area contributed by atoms with Gasteiger partial charge in [0.1, 0.15) is 11.3 Å². The van der Waals surface area contributed by atoms with Crippen LogP contribution in [0.15, 0.2) is 47.2 Å². The van der Waals surface area contributed by atoms with E-state index in [2.05, 4.69) is 16.0 Å². The number of furan rings is 1. The Morgan fingerprint density at radius 1 is 1.19 bits per heavy atom. The second-order valence-electron chi connectivity index (χ2n) is 7.02. The molecule has 1 aromatic carbocycles. The topological polar surface area (TPSA) is 48.2 Å². The third-order valence-corrected chi connectivity index (χ3v) is 6.16. The molecule has 0 radical (unpaired) electrons. The number of aryl methyl sites for hydroxylation is 1. The molecule has 0 N–H and O–H groups in total. The number of rotatable bonds is 5. The van der Waals surface area contributed by atoms with Crippen LogP contribution in [0, 0.1) is 5.92 Å². The van der Waals surface area contributed by atoms with Crippen LogP contribution in [0.2, 0.25) is 0 Å². The SMILES string of the molecule is c1cnc2nc(Oc3ccc4c(CCC5CCCC5)coc4c3)sc2c1. The second-order valence-corrected chi connectivity index (χ2v) is 8.01. The fourth-order valence-electron chi connectivity index (χ4n) is 3.87. The third kappa shape index (κ3) is 3.07. The monoisotopic (exact) mass is 364 g/mol. The van der Waals surface area contributed by atoms with Gasteiger partial charge in [-0.2, -0.15) is 4.98 Å². The van der Waals surface area contributed by atoms with Crippen LogP contribution in [0.5, 0.6) is 10.9 Å². The van der Waals surface area contributed by atoms with Crippen LogP contribution in [0.25, 0.3) is 21.3 Å². The minimum atomic E-state index is 0.603. The average Bonchev–Trinajstić information content (AvgIpc) is 3.39. The van der Waals surface area contributed by atoms with Crippen LogP contribution in [0.4, 0.5) is 0 Å². The van der Waals surface area contributed by atoms with Gasteiger partial charge in [0.25, 0.3) is 5.19 Å². The zero-order chi connectivity index (χ0) is 17.3. The van der Waals surface area contributed by atoms with Gasteiger partial charge in [0.15, 0.2) is 5.65 Å². The molecule has 1 aliphatic rings. The Kier molecular flexibility index (Phi) is 4.09. The van der Waals surface area contributed by atoms with Crippen molar-refractivity contribution in [2.45, 2.75) is 38.5 Å². The quantitative estimate of drug-likeness (QED) is 0.414. The van der Waals surface area contributed by atoms with Gasteiger partial charge in [0.2, 0.25) is 0 Å².